The monoisotopic (exact) mass is 530 g/mol. The van der Waals surface area contributed by atoms with Crippen molar-refractivity contribution in [1.29, 1.82) is 0 Å². The molecule has 0 aliphatic carbocycles. The lowest BCUT2D eigenvalue weighted by Crippen LogP contribution is -2.58. The van der Waals surface area contributed by atoms with Crippen LogP contribution in [0.5, 0.6) is 0 Å². The minimum atomic E-state index is -0.135. The minimum Gasteiger partial charge on any atom is -0.456 e. The number of hydrogen-bond donors (Lipinski definition) is 0. The van der Waals surface area contributed by atoms with Gasteiger partial charge in [-0.05, 0) is 54.6 Å². The fourth-order valence-corrected chi connectivity index (χ4v) is 7.93. The van der Waals surface area contributed by atoms with Crippen LogP contribution < -0.4 is 15.3 Å². The molecule has 0 N–H and O–H groups in total. The summed E-state index contributed by atoms with van der Waals surface area (Å²) in [7, 11) is 0. The number of thiophene rings is 1. The molecule has 5 aromatic carbocycles. The lowest BCUT2D eigenvalue weighted by molar-refractivity contribution is 0.669. The van der Waals surface area contributed by atoms with E-state index < -0.39 is 0 Å². The molecule has 8 aromatic rings. The van der Waals surface area contributed by atoms with Crippen LogP contribution in [0.25, 0.3) is 48.7 Å². The Balaban J connectivity index is 1.33. The molecule has 0 saturated heterocycles. The van der Waals surface area contributed by atoms with Crippen molar-refractivity contribution in [3.8, 4) is 5.69 Å². The van der Waals surface area contributed by atoms with Crippen LogP contribution in [0.4, 0.5) is 22.1 Å². The van der Waals surface area contributed by atoms with E-state index in [9.17, 15) is 0 Å². The Kier molecular flexibility index (Phi) is 3.84. The molecule has 3 aromatic heterocycles. The average molecular weight is 530 g/mol. The van der Waals surface area contributed by atoms with Gasteiger partial charge in [0, 0.05) is 26.5 Å². The van der Waals surface area contributed by atoms with Crippen molar-refractivity contribution in [2.75, 3.05) is 9.62 Å². The van der Waals surface area contributed by atoms with Gasteiger partial charge in [0.05, 0.1) is 28.1 Å². The third kappa shape index (κ3) is 2.51. The molecule has 0 saturated carbocycles. The molecule has 5 heterocycles. The lowest BCUT2D eigenvalue weighted by atomic mass is 9.69. The first-order valence-electron chi connectivity index (χ1n) is 13.4. The number of imidazole rings is 1. The van der Waals surface area contributed by atoms with Crippen LogP contribution in [0.1, 0.15) is 0 Å². The Morgan fingerprint density at radius 3 is 2.35 bits per heavy atom. The van der Waals surface area contributed by atoms with Crippen LogP contribution in [-0.2, 0) is 0 Å². The fraction of sp³-hybridized carbons (Fsp3) is 0. The van der Waals surface area contributed by atoms with E-state index in [0.717, 1.165) is 50.1 Å². The number of benzene rings is 5. The summed E-state index contributed by atoms with van der Waals surface area (Å²) in [6.45, 7) is -0.135. The first kappa shape index (κ1) is 20.9. The van der Waals surface area contributed by atoms with Crippen LogP contribution in [0.3, 0.4) is 0 Å². The van der Waals surface area contributed by atoms with Gasteiger partial charge in [0.2, 0.25) is 0 Å². The first-order chi connectivity index (χ1) is 19.8. The SMILES string of the molecule is c1ccc2c(c1)N1B(c3nc4ccccc4n3-2)N(c2ccc3oc4ccccc4c3c2)c2c1sc1ccccc21. The molecule has 2 aliphatic rings. The maximum atomic E-state index is 6.20. The van der Waals surface area contributed by atoms with Crippen LogP contribution >= 0.6 is 11.3 Å². The van der Waals surface area contributed by atoms with Gasteiger partial charge in [-0.25, -0.2) is 4.98 Å². The van der Waals surface area contributed by atoms with Gasteiger partial charge in [0.25, 0.3) is 0 Å². The minimum absolute atomic E-state index is 0.135. The lowest BCUT2D eigenvalue weighted by Gasteiger charge is -2.35. The van der Waals surface area contributed by atoms with Crippen LogP contribution in [-0.4, -0.2) is 16.5 Å². The second kappa shape index (κ2) is 7.34. The Morgan fingerprint density at radius 2 is 1.40 bits per heavy atom. The predicted octanol–water partition coefficient (Wildman–Crippen LogP) is 8.14. The number of anilines is 4. The number of nitrogens with zero attached hydrogens (tertiary/aromatic N) is 4. The molecule has 0 atom stereocenters. The number of para-hydroxylation sites is 5. The maximum Gasteiger partial charge on any atom is 0.459 e. The van der Waals surface area contributed by atoms with Gasteiger partial charge < -0.3 is 14.0 Å². The molecule has 0 fully saturated rings. The number of rotatable bonds is 1. The highest BCUT2D eigenvalue weighted by Crippen LogP contribution is 2.56. The van der Waals surface area contributed by atoms with E-state index in [4.69, 9.17) is 9.40 Å². The quantitative estimate of drug-likeness (QED) is 0.201. The summed E-state index contributed by atoms with van der Waals surface area (Å²) < 4.78 is 9.83. The Morgan fingerprint density at radius 1 is 0.650 bits per heavy atom. The van der Waals surface area contributed by atoms with Gasteiger partial charge in [-0.3, -0.25) is 4.57 Å². The summed E-state index contributed by atoms with van der Waals surface area (Å²) >= 11 is 1.85. The summed E-state index contributed by atoms with van der Waals surface area (Å²) in [5, 5.41) is 4.76. The third-order valence-electron chi connectivity index (χ3n) is 8.34. The summed E-state index contributed by atoms with van der Waals surface area (Å²) in [6.07, 6.45) is 0. The molecule has 0 amide bonds. The normalized spacial score (nSPS) is 13.8. The predicted molar refractivity (Wildman–Crippen MR) is 166 cm³/mol. The second-order valence-electron chi connectivity index (χ2n) is 10.4. The van der Waals surface area contributed by atoms with Crippen molar-refractivity contribution in [2.45, 2.75) is 0 Å². The van der Waals surface area contributed by atoms with E-state index in [1.807, 2.05) is 23.5 Å². The molecule has 186 valence electrons. The van der Waals surface area contributed by atoms with E-state index in [1.165, 1.54) is 26.5 Å². The summed E-state index contributed by atoms with van der Waals surface area (Å²) in [5.74, 6) is 0. The zero-order valence-electron chi connectivity index (χ0n) is 21.2. The Bertz CT molecular complexity index is 2330. The van der Waals surface area contributed by atoms with Crippen LogP contribution in [0, 0.1) is 0 Å². The molecular weight excluding hydrogens is 511 g/mol. The van der Waals surface area contributed by atoms with E-state index in [1.54, 1.807) is 0 Å². The molecule has 0 radical (unpaired) electrons. The van der Waals surface area contributed by atoms with Crippen molar-refractivity contribution < 1.29 is 4.42 Å². The third-order valence-corrected chi connectivity index (χ3v) is 9.50. The van der Waals surface area contributed by atoms with Crippen molar-refractivity contribution in [1.82, 2.24) is 9.55 Å². The van der Waals surface area contributed by atoms with E-state index >= 15 is 0 Å². The molecule has 0 bridgehead atoms. The summed E-state index contributed by atoms with van der Waals surface area (Å²) in [5.41, 5.74) is 9.65. The molecular formula is C33H19BN4OS. The number of furan rings is 1. The standard InChI is InChI=1S/C33H19BN4OS/c1-7-15-28-21(9-1)23-19-20(17-18-29(23)39-28)37-31-22-10-2-8-16-30(22)40-32(31)38-27-14-6-5-13-26(27)36-25-12-4-3-11-24(25)35-33(36)34(37)38/h1-19H. The topological polar surface area (TPSA) is 37.4 Å². The van der Waals surface area contributed by atoms with Crippen molar-refractivity contribution in [3.63, 3.8) is 0 Å². The smallest absolute Gasteiger partial charge is 0.456 e. The zero-order chi connectivity index (χ0) is 25.9. The van der Waals surface area contributed by atoms with E-state index in [-0.39, 0.29) is 6.98 Å². The van der Waals surface area contributed by atoms with Crippen molar-refractivity contribution in [2.24, 2.45) is 0 Å². The van der Waals surface area contributed by atoms with E-state index in [0.29, 0.717) is 0 Å². The number of fused-ring (bicyclic) bond motifs is 15. The highest BCUT2D eigenvalue weighted by Gasteiger charge is 2.51. The largest absolute Gasteiger partial charge is 0.459 e. The molecule has 40 heavy (non-hydrogen) atoms. The van der Waals surface area contributed by atoms with Gasteiger partial charge in [-0.2, -0.15) is 0 Å². The number of aromatic nitrogens is 2. The van der Waals surface area contributed by atoms with Gasteiger partial charge >= 0.3 is 6.98 Å². The molecule has 10 rings (SSSR count). The summed E-state index contributed by atoms with van der Waals surface area (Å²) in [6, 6.07) is 40.8. The second-order valence-corrected chi connectivity index (χ2v) is 11.5. The Hall–Kier alpha value is -5.01. The summed E-state index contributed by atoms with van der Waals surface area (Å²) in [4.78, 5) is 10.3. The first-order valence-corrected chi connectivity index (χ1v) is 14.2. The highest BCUT2D eigenvalue weighted by molar-refractivity contribution is 7.25. The average Bonchev–Trinajstić information content (AvgIpc) is 3.75. The molecule has 0 unspecified atom stereocenters. The van der Waals surface area contributed by atoms with Crippen molar-refractivity contribution in [3.05, 3.63) is 115 Å². The van der Waals surface area contributed by atoms with Gasteiger partial charge in [0.1, 0.15) is 21.9 Å². The number of hydrogen-bond acceptors (Lipinski definition) is 5. The molecule has 0 spiro atoms. The zero-order valence-corrected chi connectivity index (χ0v) is 22.0. The van der Waals surface area contributed by atoms with Gasteiger partial charge in [-0.1, -0.05) is 60.7 Å². The van der Waals surface area contributed by atoms with Gasteiger partial charge in [0.15, 0.2) is 0 Å². The van der Waals surface area contributed by atoms with E-state index in [2.05, 4.69) is 117 Å². The maximum absolute atomic E-state index is 6.20. The molecule has 2 aliphatic heterocycles. The van der Waals surface area contributed by atoms with Gasteiger partial charge in [-0.15, -0.1) is 11.3 Å². The van der Waals surface area contributed by atoms with Crippen LogP contribution in [0.2, 0.25) is 0 Å². The molecule has 7 heteroatoms. The Labute approximate surface area is 233 Å². The molecule has 5 nitrogen and oxygen atoms in total. The fourth-order valence-electron chi connectivity index (χ4n) is 6.70. The van der Waals surface area contributed by atoms with Crippen LogP contribution in [0.15, 0.2) is 120 Å². The van der Waals surface area contributed by atoms with Crippen molar-refractivity contribution >= 4 is 89.2 Å². The highest BCUT2D eigenvalue weighted by atomic mass is 32.1.